The number of ether oxygens (including phenoxy) is 2. The van der Waals surface area contributed by atoms with Crippen molar-refractivity contribution in [3.8, 4) is 0 Å². The van der Waals surface area contributed by atoms with E-state index in [2.05, 4.69) is 20.9 Å². The van der Waals surface area contributed by atoms with Crippen LogP contribution in [0.3, 0.4) is 0 Å². The molecule has 0 radical (unpaired) electrons. The number of hydrogen-bond donors (Lipinski definition) is 3. The molecular weight excluding hydrogens is 348 g/mol. The number of hydrogen-bond acceptors (Lipinski definition) is 6. The molecule has 0 bridgehead atoms. The Hall–Kier alpha value is -1.26. The first-order valence-corrected chi connectivity index (χ1v) is 7.06. The second-order valence-corrected chi connectivity index (χ2v) is 5.06. The molecule has 1 aliphatic heterocycles. The summed E-state index contributed by atoms with van der Waals surface area (Å²) in [7, 11) is 1.28. The molecule has 21 heavy (non-hydrogen) atoms. The molecule has 116 valence electrons. The van der Waals surface area contributed by atoms with Gasteiger partial charge in [0.2, 0.25) is 0 Å². The Bertz CT molecular complexity index is 639. The summed E-state index contributed by atoms with van der Waals surface area (Å²) in [5.74, 6) is 0. The molecule has 1 fully saturated rings. The highest BCUT2D eigenvalue weighted by Gasteiger charge is 2.40. The van der Waals surface area contributed by atoms with Gasteiger partial charge < -0.3 is 19.7 Å². The molecule has 9 heteroatoms. The number of aromatic amines is 1. The molecule has 1 saturated heterocycles. The van der Waals surface area contributed by atoms with Gasteiger partial charge in [0, 0.05) is 19.7 Å². The lowest BCUT2D eigenvalue weighted by molar-refractivity contribution is -0.183. The Labute approximate surface area is 127 Å². The quantitative estimate of drug-likeness (QED) is 0.623. The molecule has 0 spiro atoms. The average molecular weight is 363 g/mol. The van der Waals surface area contributed by atoms with Gasteiger partial charge in [-0.1, -0.05) is 15.9 Å². The minimum Gasteiger partial charge on any atom is -0.390 e. The Morgan fingerprint density at radius 2 is 2.33 bits per heavy atom. The van der Waals surface area contributed by atoms with Crippen LogP contribution >= 0.6 is 15.9 Å². The standard InChI is InChI=1S/C12H15BrN2O6/c1-20-11(18)9-7(16)4-8(21-9)15-5-6(2-3-13)10(17)14-12(15)19/h2-3,5,7-9,11,16,18H,4H2,1H3,(H,14,17,19)/t7-,8+,9-,11?/m0/s1. The molecule has 1 aliphatic rings. The van der Waals surface area contributed by atoms with Crippen LogP contribution in [0.15, 0.2) is 20.8 Å². The van der Waals surface area contributed by atoms with Crippen molar-refractivity contribution in [1.29, 1.82) is 0 Å². The monoisotopic (exact) mass is 362 g/mol. The fourth-order valence-corrected chi connectivity index (χ4v) is 2.43. The number of nitrogens with one attached hydrogen (secondary N) is 1. The normalized spacial score (nSPS) is 27.3. The third-order valence-corrected chi connectivity index (χ3v) is 3.47. The molecule has 0 amide bonds. The predicted octanol–water partition coefficient (Wildman–Crippen LogP) is -0.485. The van der Waals surface area contributed by atoms with Crippen LogP contribution in [-0.4, -0.2) is 45.4 Å². The van der Waals surface area contributed by atoms with Crippen molar-refractivity contribution in [3.05, 3.63) is 37.6 Å². The number of aliphatic hydroxyl groups excluding tert-OH is 2. The van der Waals surface area contributed by atoms with Gasteiger partial charge in [0.15, 0.2) is 6.29 Å². The summed E-state index contributed by atoms with van der Waals surface area (Å²) >= 11 is 3.05. The molecule has 8 nitrogen and oxygen atoms in total. The van der Waals surface area contributed by atoms with Gasteiger partial charge in [0.25, 0.3) is 5.56 Å². The first kappa shape index (κ1) is 16.1. The number of methoxy groups -OCH3 is 1. The van der Waals surface area contributed by atoms with Crippen LogP contribution in [0, 0.1) is 0 Å². The van der Waals surface area contributed by atoms with E-state index in [0.29, 0.717) is 0 Å². The number of H-pyrrole nitrogens is 1. The van der Waals surface area contributed by atoms with E-state index in [4.69, 9.17) is 9.47 Å². The maximum atomic E-state index is 11.9. The van der Waals surface area contributed by atoms with Gasteiger partial charge in [-0.3, -0.25) is 14.3 Å². The number of aromatic nitrogens is 2. The van der Waals surface area contributed by atoms with Crippen LogP contribution in [0.4, 0.5) is 0 Å². The van der Waals surface area contributed by atoms with E-state index >= 15 is 0 Å². The van der Waals surface area contributed by atoms with E-state index in [1.165, 1.54) is 24.4 Å². The van der Waals surface area contributed by atoms with Gasteiger partial charge in [0.05, 0.1) is 11.7 Å². The topological polar surface area (TPSA) is 114 Å². The lowest BCUT2D eigenvalue weighted by Crippen LogP contribution is -2.36. The van der Waals surface area contributed by atoms with E-state index in [1.807, 2.05) is 0 Å². The summed E-state index contributed by atoms with van der Waals surface area (Å²) < 4.78 is 11.3. The molecule has 4 atom stereocenters. The molecule has 2 rings (SSSR count). The van der Waals surface area contributed by atoms with Crippen LogP contribution in [-0.2, 0) is 9.47 Å². The highest BCUT2D eigenvalue weighted by atomic mass is 79.9. The molecule has 3 N–H and O–H groups in total. The lowest BCUT2D eigenvalue weighted by atomic mass is 10.1. The zero-order valence-corrected chi connectivity index (χ0v) is 12.7. The molecule has 0 saturated carbocycles. The summed E-state index contributed by atoms with van der Waals surface area (Å²) in [6.45, 7) is 0. The summed E-state index contributed by atoms with van der Waals surface area (Å²) in [4.78, 5) is 27.1. The van der Waals surface area contributed by atoms with Crippen molar-refractivity contribution < 1.29 is 19.7 Å². The van der Waals surface area contributed by atoms with Gasteiger partial charge in [-0.25, -0.2) is 4.79 Å². The zero-order valence-electron chi connectivity index (χ0n) is 11.1. The predicted molar refractivity (Wildman–Crippen MR) is 76.8 cm³/mol. The zero-order chi connectivity index (χ0) is 15.6. The highest BCUT2D eigenvalue weighted by molar-refractivity contribution is 9.11. The minimum atomic E-state index is -1.30. The Morgan fingerprint density at radius 3 is 2.95 bits per heavy atom. The van der Waals surface area contributed by atoms with Crippen molar-refractivity contribution in [1.82, 2.24) is 9.55 Å². The van der Waals surface area contributed by atoms with Crippen LogP contribution in [0.2, 0.25) is 0 Å². The summed E-state index contributed by atoms with van der Waals surface area (Å²) in [5, 5.41) is 19.4. The third kappa shape index (κ3) is 3.33. The maximum Gasteiger partial charge on any atom is 0.330 e. The largest absolute Gasteiger partial charge is 0.390 e. The SMILES string of the molecule is COC(O)[C@H]1O[C@@H](n2cc(C=CBr)c(=O)[nH]c2=O)C[C@@H]1O. The highest BCUT2D eigenvalue weighted by Crippen LogP contribution is 2.29. The number of rotatable bonds is 4. The first-order chi connectivity index (χ1) is 9.97. The summed E-state index contributed by atoms with van der Waals surface area (Å²) in [5.41, 5.74) is -0.934. The summed E-state index contributed by atoms with van der Waals surface area (Å²) in [6.07, 6.45) is -1.16. The van der Waals surface area contributed by atoms with E-state index < -0.39 is 36.0 Å². The van der Waals surface area contributed by atoms with E-state index in [1.54, 1.807) is 0 Å². The number of nitrogens with zero attached hydrogens (tertiary/aromatic N) is 1. The van der Waals surface area contributed by atoms with Gasteiger partial charge in [-0.15, -0.1) is 0 Å². The van der Waals surface area contributed by atoms with E-state index in [-0.39, 0.29) is 12.0 Å². The van der Waals surface area contributed by atoms with E-state index in [0.717, 1.165) is 4.57 Å². The molecule has 1 unspecified atom stereocenters. The van der Waals surface area contributed by atoms with Crippen molar-refractivity contribution in [2.75, 3.05) is 7.11 Å². The Balaban J connectivity index is 2.33. The molecule has 2 heterocycles. The average Bonchev–Trinajstić information content (AvgIpc) is 2.83. The van der Waals surface area contributed by atoms with Crippen LogP contribution in [0.5, 0.6) is 0 Å². The Morgan fingerprint density at radius 1 is 1.62 bits per heavy atom. The minimum absolute atomic E-state index is 0.0918. The summed E-state index contributed by atoms with van der Waals surface area (Å²) in [6, 6.07) is 0. The van der Waals surface area contributed by atoms with Crippen LogP contribution in [0.1, 0.15) is 18.2 Å². The van der Waals surface area contributed by atoms with Crippen LogP contribution < -0.4 is 11.2 Å². The van der Waals surface area contributed by atoms with Crippen LogP contribution in [0.25, 0.3) is 6.08 Å². The van der Waals surface area contributed by atoms with E-state index in [9.17, 15) is 19.8 Å². The van der Waals surface area contributed by atoms with Crippen molar-refractivity contribution >= 4 is 22.0 Å². The molecular formula is C12H15BrN2O6. The van der Waals surface area contributed by atoms with Crippen molar-refractivity contribution in [3.63, 3.8) is 0 Å². The van der Waals surface area contributed by atoms with Crippen molar-refractivity contribution in [2.45, 2.75) is 31.1 Å². The second kappa shape index (κ2) is 6.67. The number of aliphatic hydroxyl groups is 2. The third-order valence-electron chi connectivity index (χ3n) is 3.21. The first-order valence-electron chi connectivity index (χ1n) is 6.14. The molecule has 1 aromatic heterocycles. The van der Waals surface area contributed by atoms with Gasteiger partial charge in [-0.05, 0) is 11.1 Å². The number of halogens is 1. The molecule has 0 aromatic carbocycles. The molecule has 0 aliphatic carbocycles. The van der Waals surface area contributed by atoms with Gasteiger partial charge >= 0.3 is 5.69 Å². The van der Waals surface area contributed by atoms with Crippen molar-refractivity contribution in [2.24, 2.45) is 0 Å². The van der Waals surface area contributed by atoms with Gasteiger partial charge in [-0.2, -0.15) is 0 Å². The van der Waals surface area contributed by atoms with Gasteiger partial charge in [0.1, 0.15) is 12.3 Å². The lowest BCUT2D eigenvalue weighted by Gasteiger charge is -2.20. The second-order valence-electron chi connectivity index (χ2n) is 4.53. The fraction of sp³-hybridized carbons (Fsp3) is 0.500. The fourth-order valence-electron chi connectivity index (χ4n) is 2.14. The smallest absolute Gasteiger partial charge is 0.330 e. The Kier molecular flexibility index (Phi) is 5.12. The maximum absolute atomic E-state index is 11.9. The molecule has 1 aromatic rings.